The molecule has 1 saturated heterocycles. The Balaban J connectivity index is 1.86. The second kappa shape index (κ2) is 7.78. The predicted molar refractivity (Wildman–Crippen MR) is 83.1 cm³/mol. The maximum absolute atomic E-state index is 12.1. The zero-order valence-electron chi connectivity index (χ0n) is 12.4. The van der Waals surface area contributed by atoms with Crippen LogP contribution >= 0.6 is 0 Å². The van der Waals surface area contributed by atoms with Crippen LogP contribution in [0.5, 0.6) is 0 Å². The van der Waals surface area contributed by atoms with Crippen LogP contribution in [0.4, 0.5) is 5.69 Å². The summed E-state index contributed by atoms with van der Waals surface area (Å²) >= 11 is 0. The number of likely N-dealkylation sites (N-methyl/N-ethyl adjacent to an activating group) is 1. The maximum atomic E-state index is 12.1. The maximum Gasteiger partial charge on any atom is 0.241 e. The van der Waals surface area contributed by atoms with Crippen molar-refractivity contribution in [2.45, 2.75) is 38.6 Å². The summed E-state index contributed by atoms with van der Waals surface area (Å²) < 4.78 is 0. The van der Waals surface area contributed by atoms with Gasteiger partial charge in [-0.25, -0.2) is 0 Å². The third kappa shape index (κ3) is 4.86. The molecule has 0 radical (unpaired) electrons. The zero-order valence-corrected chi connectivity index (χ0v) is 12.4. The number of amides is 2. The smallest absolute Gasteiger partial charge is 0.241 e. The van der Waals surface area contributed by atoms with E-state index in [4.69, 9.17) is 0 Å². The van der Waals surface area contributed by atoms with E-state index in [1.54, 1.807) is 0 Å². The molecule has 5 nitrogen and oxygen atoms in total. The Morgan fingerprint density at radius 3 is 2.62 bits per heavy atom. The molecule has 1 aromatic carbocycles. The van der Waals surface area contributed by atoms with Gasteiger partial charge in [-0.3, -0.25) is 9.59 Å². The molecule has 0 bridgehead atoms. The molecule has 1 aliphatic rings. The molecular weight excluding hydrogens is 266 g/mol. The summed E-state index contributed by atoms with van der Waals surface area (Å²) in [4.78, 5) is 23.6. The predicted octanol–water partition coefficient (Wildman–Crippen LogP) is 1.45. The number of nitrogens with one attached hydrogen (secondary N) is 3. The lowest BCUT2D eigenvalue weighted by Crippen LogP contribution is -2.43. The van der Waals surface area contributed by atoms with Crippen molar-refractivity contribution in [3.63, 3.8) is 0 Å². The molecule has 1 aromatic rings. The summed E-state index contributed by atoms with van der Waals surface area (Å²) in [5.74, 6) is 0.0341. The third-order valence-corrected chi connectivity index (χ3v) is 3.59. The minimum atomic E-state index is -0.0891. The first-order valence-corrected chi connectivity index (χ1v) is 7.59. The van der Waals surface area contributed by atoms with Crippen molar-refractivity contribution >= 4 is 17.5 Å². The van der Waals surface area contributed by atoms with E-state index in [2.05, 4.69) is 16.0 Å². The first-order valence-electron chi connectivity index (χ1n) is 7.59. The van der Waals surface area contributed by atoms with Crippen molar-refractivity contribution in [1.29, 1.82) is 0 Å². The number of piperidine rings is 1. The van der Waals surface area contributed by atoms with Crippen LogP contribution in [0.15, 0.2) is 24.3 Å². The summed E-state index contributed by atoms with van der Waals surface area (Å²) in [5.41, 5.74) is 1.71. The van der Waals surface area contributed by atoms with Crippen molar-refractivity contribution in [1.82, 2.24) is 10.6 Å². The van der Waals surface area contributed by atoms with Gasteiger partial charge in [-0.2, -0.15) is 0 Å². The molecule has 0 spiro atoms. The summed E-state index contributed by atoms with van der Waals surface area (Å²) in [6.45, 7) is 3.45. The van der Waals surface area contributed by atoms with E-state index in [9.17, 15) is 9.59 Å². The average Bonchev–Trinajstić information content (AvgIpc) is 2.50. The molecule has 1 fully saturated rings. The fourth-order valence-electron chi connectivity index (χ4n) is 2.46. The lowest BCUT2D eigenvalue weighted by Gasteiger charge is -2.22. The van der Waals surface area contributed by atoms with E-state index in [1.165, 1.54) is 0 Å². The van der Waals surface area contributed by atoms with Crippen molar-refractivity contribution in [2.24, 2.45) is 0 Å². The van der Waals surface area contributed by atoms with Gasteiger partial charge in [0.1, 0.15) is 0 Å². The van der Waals surface area contributed by atoms with E-state index < -0.39 is 0 Å². The van der Waals surface area contributed by atoms with Gasteiger partial charge < -0.3 is 16.0 Å². The molecule has 0 aliphatic carbocycles. The van der Waals surface area contributed by atoms with E-state index >= 15 is 0 Å². The van der Waals surface area contributed by atoms with Crippen LogP contribution in [0, 0.1) is 0 Å². The zero-order chi connectivity index (χ0) is 15.1. The first-order chi connectivity index (χ1) is 10.2. The second-order valence-electron chi connectivity index (χ2n) is 5.32. The Hall–Kier alpha value is -1.88. The Kier molecular flexibility index (Phi) is 5.75. The van der Waals surface area contributed by atoms with Crippen molar-refractivity contribution in [3.05, 3.63) is 29.8 Å². The van der Waals surface area contributed by atoms with Crippen LogP contribution in [0.1, 0.15) is 31.7 Å². The second-order valence-corrected chi connectivity index (χ2v) is 5.32. The highest BCUT2D eigenvalue weighted by Crippen LogP contribution is 2.13. The summed E-state index contributed by atoms with van der Waals surface area (Å²) in [7, 11) is 0. The highest BCUT2D eigenvalue weighted by Gasteiger charge is 2.20. The van der Waals surface area contributed by atoms with Crippen LogP contribution in [0.3, 0.4) is 0 Å². The average molecular weight is 289 g/mol. The fraction of sp³-hybridized carbons (Fsp3) is 0.500. The topological polar surface area (TPSA) is 70.2 Å². The van der Waals surface area contributed by atoms with Gasteiger partial charge in [0.15, 0.2) is 0 Å². The fourth-order valence-corrected chi connectivity index (χ4v) is 2.46. The van der Waals surface area contributed by atoms with Gasteiger partial charge in [0, 0.05) is 12.2 Å². The van der Waals surface area contributed by atoms with Gasteiger partial charge in [-0.1, -0.05) is 18.6 Å². The Morgan fingerprint density at radius 2 is 2.00 bits per heavy atom. The quantitative estimate of drug-likeness (QED) is 0.768. The highest BCUT2D eigenvalue weighted by atomic mass is 16.2. The number of benzene rings is 1. The number of carbonyl (C=O) groups is 2. The first kappa shape index (κ1) is 15.5. The molecule has 1 aliphatic heterocycles. The van der Waals surface area contributed by atoms with Crippen LogP contribution < -0.4 is 16.0 Å². The van der Waals surface area contributed by atoms with Gasteiger partial charge in [-0.05, 0) is 44.0 Å². The van der Waals surface area contributed by atoms with E-state index in [-0.39, 0.29) is 17.9 Å². The molecule has 21 heavy (non-hydrogen) atoms. The van der Waals surface area contributed by atoms with Crippen LogP contribution in [-0.4, -0.2) is 30.9 Å². The van der Waals surface area contributed by atoms with E-state index in [1.807, 2.05) is 31.2 Å². The molecule has 2 rings (SSSR count). The van der Waals surface area contributed by atoms with Crippen molar-refractivity contribution in [2.75, 3.05) is 18.4 Å². The van der Waals surface area contributed by atoms with Crippen LogP contribution in [-0.2, 0) is 16.0 Å². The molecule has 0 saturated carbocycles. The molecule has 114 valence electrons. The molecule has 2 amide bonds. The lowest BCUT2D eigenvalue weighted by atomic mass is 10.0. The Morgan fingerprint density at radius 1 is 1.24 bits per heavy atom. The van der Waals surface area contributed by atoms with Crippen molar-refractivity contribution in [3.8, 4) is 0 Å². The molecule has 1 unspecified atom stereocenters. The minimum absolute atomic E-state index is 0.0145. The standard InChI is InChI=1S/C16H23N3O2/c1-2-17-15(20)11-12-6-8-13(9-7-12)19-16(21)14-5-3-4-10-18-14/h6-9,14,18H,2-5,10-11H2,1H3,(H,17,20)(H,19,21). The van der Waals surface area contributed by atoms with Crippen LogP contribution in [0.25, 0.3) is 0 Å². The van der Waals surface area contributed by atoms with Crippen molar-refractivity contribution < 1.29 is 9.59 Å². The van der Waals surface area contributed by atoms with E-state index in [0.717, 1.165) is 37.1 Å². The van der Waals surface area contributed by atoms with Gasteiger partial charge in [-0.15, -0.1) is 0 Å². The molecule has 1 heterocycles. The van der Waals surface area contributed by atoms with Gasteiger partial charge >= 0.3 is 0 Å². The normalized spacial score (nSPS) is 18.0. The summed E-state index contributed by atoms with van der Waals surface area (Å²) in [6.07, 6.45) is 3.49. The van der Waals surface area contributed by atoms with Gasteiger partial charge in [0.05, 0.1) is 12.5 Å². The lowest BCUT2D eigenvalue weighted by molar-refractivity contribution is -0.120. The Labute approximate surface area is 125 Å². The van der Waals surface area contributed by atoms with E-state index in [0.29, 0.717) is 13.0 Å². The highest BCUT2D eigenvalue weighted by molar-refractivity contribution is 5.94. The number of hydrogen-bond acceptors (Lipinski definition) is 3. The molecule has 0 aromatic heterocycles. The van der Waals surface area contributed by atoms with Gasteiger partial charge in [0.2, 0.25) is 11.8 Å². The molecular formula is C16H23N3O2. The third-order valence-electron chi connectivity index (χ3n) is 3.59. The largest absolute Gasteiger partial charge is 0.356 e. The van der Waals surface area contributed by atoms with Crippen LogP contribution in [0.2, 0.25) is 0 Å². The van der Waals surface area contributed by atoms with Gasteiger partial charge in [0.25, 0.3) is 0 Å². The number of carbonyl (C=O) groups excluding carboxylic acids is 2. The number of rotatable bonds is 5. The summed E-state index contributed by atoms with van der Waals surface area (Å²) in [5, 5.41) is 8.91. The summed E-state index contributed by atoms with van der Waals surface area (Å²) in [6, 6.07) is 7.34. The number of hydrogen-bond donors (Lipinski definition) is 3. The molecule has 5 heteroatoms. The SMILES string of the molecule is CCNC(=O)Cc1ccc(NC(=O)C2CCCCN2)cc1. The monoisotopic (exact) mass is 289 g/mol. The number of anilines is 1. The Bertz CT molecular complexity index is 479. The molecule has 1 atom stereocenters. The minimum Gasteiger partial charge on any atom is -0.356 e. The molecule has 3 N–H and O–H groups in total.